The van der Waals surface area contributed by atoms with Gasteiger partial charge in [0.15, 0.2) is 0 Å². The zero-order chi connectivity index (χ0) is 26.2. The van der Waals surface area contributed by atoms with Gasteiger partial charge in [0.1, 0.15) is 31.5 Å². The molecule has 1 fully saturated rings. The number of hydrogen-bond acceptors (Lipinski definition) is 3. The third-order valence-electron chi connectivity index (χ3n) is 7.42. The van der Waals surface area contributed by atoms with Gasteiger partial charge in [-0.3, -0.25) is 0 Å². The van der Waals surface area contributed by atoms with Gasteiger partial charge in [0.2, 0.25) is 0 Å². The van der Waals surface area contributed by atoms with Gasteiger partial charge in [0, 0.05) is 5.56 Å². The Morgan fingerprint density at radius 2 is 1.50 bits per heavy atom. The van der Waals surface area contributed by atoms with Gasteiger partial charge in [-0.2, -0.15) is 0 Å². The van der Waals surface area contributed by atoms with Gasteiger partial charge in [-0.15, -0.1) is 0 Å². The van der Waals surface area contributed by atoms with Gasteiger partial charge < -0.3 is 19.1 Å². The van der Waals surface area contributed by atoms with Gasteiger partial charge in [-0.05, 0) is 53.7 Å². The summed E-state index contributed by atoms with van der Waals surface area (Å²) in [5, 5.41) is 10.9. The summed E-state index contributed by atoms with van der Waals surface area (Å²) in [5.74, 6) is 0.927. The first-order valence-corrected chi connectivity index (χ1v) is 13.9. The van der Waals surface area contributed by atoms with Crippen molar-refractivity contribution in [1.29, 1.82) is 0 Å². The van der Waals surface area contributed by atoms with Crippen molar-refractivity contribution in [3.8, 4) is 5.75 Å². The second kappa shape index (κ2) is 12.6. The number of rotatable bonds is 10. The maximum atomic E-state index is 10.9. The van der Waals surface area contributed by atoms with E-state index in [2.05, 4.69) is 90.1 Å². The zero-order valence-corrected chi connectivity index (χ0v) is 23.7. The molecular formula is C32H50NO3+. The third-order valence-corrected chi connectivity index (χ3v) is 7.42. The van der Waals surface area contributed by atoms with Gasteiger partial charge in [0.05, 0.1) is 26.3 Å². The van der Waals surface area contributed by atoms with Crippen LogP contribution in [0.3, 0.4) is 0 Å². The lowest BCUT2D eigenvalue weighted by Gasteiger charge is -2.39. The van der Waals surface area contributed by atoms with Crippen LogP contribution in [-0.2, 0) is 22.1 Å². The number of benzene rings is 2. The summed E-state index contributed by atoms with van der Waals surface area (Å²) in [6.45, 7) is 18.7. The Balaban J connectivity index is 1.52. The van der Waals surface area contributed by atoms with Crippen LogP contribution < -0.4 is 4.74 Å². The molecule has 36 heavy (non-hydrogen) atoms. The van der Waals surface area contributed by atoms with Crippen molar-refractivity contribution in [2.24, 2.45) is 0 Å². The largest absolute Gasteiger partial charge is 0.491 e. The lowest BCUT2D eigenvalue weighted by Crippen LogP contribution is -2.53. The molecule has 4 nitrogen and oxygen atoms in total. The number of hydrogen-bond donors (Lipinski definition) is 1. The van der Waals surface area contributed by atoms with Crippen LogP contribution in [0.2, 0.25) is 0 Å². The first-order valence-electron chi connectivity index (χ1n) is 13.9. The van der Waals surface area contributed by atoms with Crippen molar-refractivity contribution in [3.63, 3.8) is 0 Å². The van der Waals surface area contributed by atoms with E-state index in [1.807, 2.05) is 0 Å². The number of ether oxygens (including phenoxy) is 2. The molecule has 0 aliphatic carbocycles. The van der Waals surface area contributed by atoms with Crippen molar-refractivity contribution in [2.75, 3.05) is 39.5 Å². The van der Waals surface area contributed by atoms with Crippen molar-refractivity contribution in [2.45, 2.75) is 90.7 Å². The Labute approximate surface area is 220 Å². The summed E-state index contributed by atoms with van der Waals surface area (Å²) in [6, 6.07) is 17.3. The number of aliphatic hydroxyl groups is 1. The van der Waals surface area contributed by atoms with Gasteiger partial charge in [-0.25, -0.2) is 0 Å². The van der Waals surface area contributed by atoms with E-state index in [1.54, 1.807) is 0 Å². The maximum absolute atomic E-state index is 10.9. The fourth-order valence-corrected chi connectivity index (χ4v) is 5.37. The van der Waals surface area contributed by atoms with E-state index < -0.39 is 6.10 Å². The van der Waals surface area contributed by atoms with E-state index in [1.165, 1.54) is 42.4 Å². The Morgan fingerprint density at radius 3 is 2.11 bits per heavy atom. The highest BCUT2D eigenvalue weighted by molar-refractivity contribution is 5.43. The standard InChI is InChI=1S/C32H50NO3/c1-31(2,3)27-16-17-30(29(22-27)32(4,5)6)36-21-20-35-25-28(34)24-33(18-12-7-8-13-19-33)23-26-14-10-9-11-15-26/h9-11,14-17,22,28,34H,7-8,12-13,18-21,23-25H2,1-6H3/q+1/t28-/m0/s1. The Kier molecular flexibility index (Phi) is 10.0. The lowest BCUT2D eigenvalue weighted by atomic mass is 9.80. The molecule has 0 saturated carbocycles. The van der Waals surface area contributed by atoms with E-state index in [-0.39, 0.29) is 10.8 Å². The minimum Gasteiger partial charge on any atom is -0.491 e. The van der Waals surface area contributed by atoms with Gasteiger partial charge in [-0.1, -0.05) is 84.0 Å². The molecule has 1 N–H and O–H groups in total. The average Bonchev–Trinajstić information content (AvgIpc) is 3.03. The van der Waals surface area contributed by atoms with Crippen LogP contribution in [0.1, 0.15) is 83.9 Å². The topological polar surface area (TPSA) is 38.7 Å². The van der Waals surface area contributed by atoms with Crippen molar-refractivity contribution >= 4 is 0 Å². The van der Waals surface area contributed by atoms with Crippen LogP contribution in [0.5, 0.6) is 5.75 Å². The van der Waals surface area contributed by atoms with E-state index >= 15 is 0 Å². The average molecular weight is 497 g/mol. The zero-order valence-electron chi connectivity index (χ0n) is 23.7. The summed E-state index contributed by atoms with van der Waals surface area (Å²) in [6.07, 6.45) is 4.59. The number of likely N-dealkylation sites (tertiary alicyclic amines) is 1. The van der Waals surface area contributed by atoms with Crippen LogP contribution in [-0.4, -0.2) is 55.1 Å². The first kappa shape index (κ1) is 28.7. The van der Waals surface area contributed by atoms with E-state index in [0.717, 1.165) is 36.4 Å². The summed E-state index contributed by atoms with van der Waals surface area (Å²) in [7, 11) is 0. The van der Waals surface area contributed by atoms with Crippen LogP contribution in [0.25, 0.3) is 0 Å². The van der Waals surface area contributed by atoms with Gasteiger partial charge in [0.25, 0.3) is 0 Å². The molecule has 0 spiro atoms. The molecule has 0 unspecified atom stereocenters. The number of aliphatic hydroxyl groups excluding tert-OH is 1. The molecule has 200 valence electrons. The highest BCUT2D eigenvalue weighted by Crippen LogP contribution is 2.35. The van der Waals surface area contributed by atoms with Crippen LogP contribution in [0.15, 0.2) is 48.5 Å². The van der Waals surface area contributed by atoms with E-state index in [9.17, 15) is 5.11 Å². The molecule has 0 aromatic heterocycles. The molecule has 0 amide bonds. The summed E-state index contributed by atoms with van der Waals surface area (Å²) in [4.78, 5) is 0. The minimum atomic E-state index is -0.469. The summed E-state index contributed by atoms with van der Waals surface area (Å²) in [5.41, 5.74) is 4.00. The molecule has 1 atom stereocenters. The van der Waals surface area contributed by atoms with Crippen LogP contribution >= 0.6 is 0 Å². The van der Waals surface area contributed by atoms with Gasteiger partial charge >= 0.3 is 0 Å². The van der Waals surface area contributed by atoms with Crippen molar-refractivity contribution < 1.29 is 19.1 Å². The molecule has 1 heterocycles. The molecule has 0 radical (unpaired) electrons. The SMILES string of the molecule is CC(C)(C)c1ccc(OCCOC[C@@H](O)C[N+]2(Cc3ccccc3)CCCCCC2)c(C(C)(C)C)c1. The normalized spacial score (nSPS) is 17.4. The quantitative estimate of drug-likeness (QED) is 0.296. The second-order valence-corrected chi connectivity index (χ2v) is 12.8. The fraction of sp³-hybridized carbons (Fsp3) is 0.625. The molecule has 1 aliphatic rings. The Bertz CT molecular complexity index is 919. The lowest BCUT2D eigenvalue weighted by molar-refractivity contribution is -0.943. The minimum absolute atomic E-state index is 0.00263. The fourth-order valence-electron chi connectivity index (χ4n) is 5.37. The highest BCUT2D eigenvalue weighted by atomic mass is 16.5. The molecule has 2 aromatic carbocycles. The number of nitrogens with zero attached hydrogens (tertiary/aromatic N) is 1. The Morgan fingerprint density at radius 1 is 0.833 bits per heavy atom. The molecular weight excluding hydrogens is 446 g/mol. The molecule has 1 aliphatic heterocycles. The maximum Gasteiger partial charge on any atom is 0.126 e. The monoisotopic (exact) mass is 496 g/mol. The second-order valence-electron chi connectivity index (χ2n) is 12.8. The van der Waals surface area contributed by atoms with Crippen molar-refractivity contribution in [3.05, 3.63) is 65.2 Å². The predicted molar refractivity (Wildman–Crippen MR) is 150 cm³/mol. The molecule has 2 aromatic rings. The van der Waals surface area contributed by atoms with Crippen LogP contribution in [0, 0.1) is 0 Å². The summed E-state index contributed by atoms with van der Waals surface area (Å²) < 4.78 is 13.0. The van der Waals surface area contributed by atoms with Crippen LogP contribution in [0.4, 0.5) is 0 Å². The molecule has 1 saturated heterocycles. The predicted octanol–water partition coefficient (Wildman–Crippen LogP) is 6.63. The van der Waals surface area contributed by atoms with Crippen molar-refractivity contribution in [1.82, 2.24) is 0 Å². The molecule has 0 bridgehead atoms. The number of quaternary nitrogens is 1. The first-order chi connectivity index (χ1) is 17.0. The van der Waals surface area contributed by atoms with E-state index in [4.69, 9.17) is 9.47 Å². The van der Waals surface area contributed by atoms with E-state index in [0.29, 0.717) is 19.8 Å². The molecule has 3 rings (SSSR count). The molecule has 4 heteroatoms. The third kappa shape index (κ3) is 8.61. The highest BCUT2D eigenvalue weighted by Gasteiger charge is 2.32. The summed E-state index contributed by atoms with van der Waals surface area (Å²) >= 11 is 0. The smallest absolute Gasteiger partial charge is 0.126 e. The Hall–Kier alpha value is -1.88.